The predicted molar refractivity (Wildman–Crippen MR) is 131 cm³/mol. The molecular weight excluding hydrogens is 546 g/mol. The quantitative estimate of drug-likeness (QED) is 0.399. The summed E-state index contributed by atoms with van der Waals surface area (Å²) < 4.78 is 82.3. The molecule has 1 saturated heterocycles. The minimum Gasteiger partial charge on any atom is -0.406 e. The van der Waals surface area contributed by atoms with E-state index in [4.69, 9.17) is 5.73 Å². The fourth-order valence-electron chi connectivity index (χ4n) is 4.00. The van der Waals surface area contributed by atoms with Crippen LogP contribution in [-0.2, 0) is 12.7 Å². The molecule has 15 heteroatoms. The first-order valence-corrected chi connectivity index (χ1v) is 11.6. The van der Waals surface area contributed by atoms with E-state index in [0.29, 0.717) is 0 Å². The second-order valence-corrected chi connectivity index (χ2v) is 9.50. The molecule has 0 spiro atoms. The highest BCUT2D eigenvalue weighted by atomic mass is 19.4. The van der Waals surface area contributed by atoms with Gasteiger partial charge in [0.15, 0.2) is 0 Å². The summed E-state index contributed by atoms with van der Waals surface area (Å²) in [6.45, 7) is 3.28. The zero-order chi connectivity index (χ0) is 29.5. The van der Waals surface area contributed by atoms with E-state index in [2.05, 4.69) is 20.0 Å². The van der Waals surface area contributed by atoms with Gasteiger partial charge >= 0.3 is 18.6 Å². The molecule has 1 aromatic heterocycles. The van der Waals surface area contributed by atoms with Gasteiger partial charge in [0.05, 0.1) is 24.2 Å². The Labute approximate surface area is 223 Å². The van der Waals surface area contributed by atoms with E-state index in [1.807, 2.05) is 0 Å². The fourth-order valence-corrected chi connectivity index (χ4v) is 4.00. The maximum atomic E-state index is 13.6. The molecule has 1 fully saturated rings. The summed E-state index contributed by atoms with van der Waals surface area (Å²) in [4.78, 5) is 36.1. The fraction of sp³-hybridized carbons (Fsp3) is 0.280. The minimum absolute atomic E-state index is 0.0975. The number of nitrogens with zero attached hydrogens (tertiary/aromatic N) is 4. The summed E-state index contributed by atoms with van der Waals surface area (Å²) in [5, 5.41) is 2.72. The van der Waals surface area contributed by atoms with E-state index in [9.17, 15) is 35.9 Å². The zero-order valence-corrected chi connectivity index (χ0v) is 21.0. The Bertz CT molecular complexity index is 1440. The number of amides is 3. The van der Waals surface area contributed by atoms with Crippen molar-refractivity contribution in [1.29, 1.82) is 0 Å². The van der Waals surface area contributed by atoms with Gasteiger partial charge in [-0.2, -0.15) is 18.2 Å². The highest BCUT2D eigenvalue weighted by Crippen LogP contribution is 2.33. The van der Waals surface area contributed by atoms with Crippen LogP contribution in [0.4, 0.5) is 48.6 Å². The minimum atomic E-state index is -4.98. The molecule has 0 unspecified atom stereocenters. The van der Waals surface area contributed by atoms with Crippen molar-refractivity contribution in [1.82, 2.24) is 15.3 Å². The van der Waals surface area contributed by atoms with E-state index in [1.165, 1.54) is 23.1 Å². The molecule has 3 N–H and O–H groups in total. The average Bonchev–Trinajstić information content (AvgIpc) is 3.12. The molecule has 212 valence electrons. The molecular formula is C25H22F6N6O3. The van der Waals surface area contributed by atoms with Crippen molar-refractivity contribution < 1.29 is 40.7 Å². The number of anilines is 3. The largest absolute Gasteiger partial charge is 0.573 e. The summed E-state index contributed by atoms with van der Waals surface area (Å²) in [5.41, 5.74) is 3.97. The molecule has 2 aromatic carbocycles. The number of benzene rings is 2. The summed E-state index contributed by atoms with van der Waals surface area (Å²) in [6, 6.07) is 7.98. The van der Waals surface area contributed by atoms with Gasteiger partial charge < -0.3 is 20.7 Å². The van der Waals surface area contributed by atoms with E-state index >= 15 is 0 Å². The van der Waals surface area contributed by atoms with Crippen LogP contribution in [-0.4, -0.2) is 40.4 Å². The van der Waals surface area contributed by atoms with E-state index in [0.717, 1.165) is 41.4 Å². The number of urea groups is 1. The maximum absolute atomic E-state index is 13.6. The number of halogens is 6. The zero-order valence-electron chi connectivity index (χ0n) is 21.0. The van der Waals surface area contributed by atoms with Crippen molar-refractivity contribution in [2.75, 3.05) is 22.1 Å². The number of aromatic nitrogens is 2. The highest BCUT2D eigenvalue weighted by molar-refractivity contribution is 6.08. The van der Waals surface area contributed by atoms with Gasteiger partial charge in [-0.15, -0.1) is 13.2 Å². The number of nitrogens with one attached hydrogen (secondary N) is 1. The Hall–Kier alpha value is -4.56. The first-order valence-electron chi connectivity index (χ1n) is 11.6. The number of hydrogen-bond donors (Lipinski definition) is 2. The molecule has 0 saturated carbocycles. The lowest BCUT2D eigenvalue weighted by Crippen LogP contribution is -2.36. The number of ether oxygens (including phenoxy) is 1. The maximum Gasteiger partial charge on any atom is 0.573 e. The van der Waals surface area contributed by atoms with Crippen LogP contribution in [0.25, 0.3) is 0 Å². The van der Waals surface area contributed by atoms with Crippen LogP contribution in [0.15, 0.2) is 54.7 Å². The Kier molecular flexibility index (Phi) is 7.26. The third kappa shape index (κ3) is 6.52. The molecule has 4 rings (SSSR count). The summed E-state index contributed by atoms with van der Waals surface area (Å²) in [5.74, 6) is -1.98. The molecule has 0 radical (unpaired) electrons. The summed E-state index contributed by atoms with van der Waals surface area (Å²) >= 11 is 0. The third-order valence-electron chi connectivity index (χ3n) is 5.72. The lowest BCUT2D eigenvalue weighted by Gasteiger charge is -2.25. The average molecular weight is 568 g/mol. The van der Waals surface area contributed by atoms with Gasteiger partial charge in [0.25, 0.3) is 5.91 Å². The Morgan fingerprint density at radius 1 is 1.12 bits per heavy atom. The van der Waals surface area contributed by atoms with Gasteiger partial charge in [-0.25, -0.2) is 9.78 Å². The Balaban J connectivity index is 1.71. The Morgan fingerprint density at radius 3 is 2.42 bits per heavy atom. The van der Waals surface area contributed by atoms with Crippen molar-refractivity contribution >= 4 is 29.4 Å². The monoisotopic (exact) mass is 568 g/mol. The molecule has 1 aliphatic rings. The smallest absolute Gasteiger partial charge is 0.406 e. The molecule has 40 heavy (non-hydrogen) atoms. The van der Waals surface area contributed by atoms with E-state index in [-0.39, 0.29) is 35.1 Å². The van der Waals surface area contributed by atoms with Crippen LogP contribution >= 0.6 is 0 Å². The molecule has 1 aliphatic heterocycles. The molecule has 0 aliphatic carbocycles. The van der Waals surface area contributed by atoms with Gasteiger partial charge in [0.2, 0.25) is 5.95 Å². The molecule has 9 nitrogen and oxygen atoms in total. The van der Waals surface area contributed by atoms with Crippen LogP contribution in [0, 0.1) is 0 Å². The number of nitrogen functional groups attached to an aromatic ring is 1. The standard InChI is InChI=1S/C25H22F6N6O3/c1-23(2)13-37(22(39)35-23)21-33-11-18(19(32)34-21)20(38)36(16-7-4-6-15(10-16)24(26,27)28)12-14-5-3-8-17(9-14)40-25(29,30)31/h3-11H,12-13H2,1-2H3,(H,35,39)(H2,32,33,34). The topological polar surface area (TPSA) is 114 Å². The molecule has 2 heterocycles. The third-order valence-corrected chi connectivity index (χ3v) is 5.72. The van der Waals surface area contributed by atoms with Crippen molar-refractivity contribution in [3.63, 3.8) is 0 Å². The van der Waals surface area contributed by atoms with Crippen LogP contribution in [0.1, 0.15) is 35.3 Å². The lowest BCUT2D eigenvalue weighted by atomic mass is 10.1. The van der Waals surface area contributed by atoms with Crippen molar-refractivity contribution in [3.05, 3.63) is 71.4 Å². The van der Waals surface area contributed by atoms with Crippen LogP contribution in [0.3, 0.4) is 0 Å². The number of carbonyl (C=O) groups is 2. The van der Waals surface area contributed by atoms with Gasteiger partial charge in [-0.05, 0) is 49.7 Å². The first-order chi connectivity index (χ1) is 18.5. The van der Waals surface area contributed by atoms with Crippen molar-refractivity contribution in [3.8, 4) is 5.75 Å². The van der Waals surface area contributed by atoms with Crippen molar-refractivity contribution in [2.24, 2.45) is 0 Å². The summed E-state index contributed by atoms with van der Waals surface area (Å²) in [6.07, 6.45) is -8.69. The normalized spacial score (nSPS) is 15.1. The lowest BCUT2D eigenvalue weighted by molar-refractivity contribution is -0.274. The second-order valence-electron chi connectivity index (χ2n) is 9.50. The van der Waals surface area contributed by atoms with Gasteiger partial charge in [-0.3, -0.25) is 9.69 Å². The Morgan fingerprint density at radius 2 is 1.82 bits per heavy atom. The molecule has 3 amide bonds. The predicted octanol–water partition coefficient (Wildman–Crippen LogP) is 5.13. The van der Waals surface area contributed by atoms with Gasteiger partial charge in [0.1, 0.15) is 17.1 Å². The van der Waals surface area contributed by atoms with Gasteiger partial charge in [-0.1, -0.05) is 18.2 Å². The second kappa shape index (κ2) is 10.2. The summed E-state index contributed by atoms with van der Waals surface area (Å²) in [7, 11) is 0. The highest BCUT2D eigenvalue weighted by Gasteiger charge is 2.38. The number of nitrogens with two attached hydrogens (primary N) is 1. The molecule has 3 aromatic rings. The van der Waals surface area contributed by atoms with Crippen LogP contribution < -0.4 is 25.6 Å². The number of hydrogen-bond acceptors (Lipinski definition) is 6. The SMILES string of the molecule is CC1(C)CN(c2ncc(C(=O)N(Cc3cccc(OC(F)(F)F)c3)c3cccc(C(F)(F)F)c3)c(N)n2)C(=O)N1. The first kappa shape index (κ1) is 28.4. The van der Waals surface area contributed by atoms with E-state index < -0.39 is 47.9 Å². The van der Waals surface area contributed by atoms with Gasteiger partial charge in [0, 0.05) is 11.9 Å². The molecule has 0 atom stereocenters. The molecule has 0 bridgehead atoms. The van der Waals surface area contributed by atoms with Crippen LogP contribution in [0.2, 0.25) is 0 Å². The number of rotatable bonds is 6. The van der Waals surface area contributed by atoms with E-state index in [1.54, 1.807) is 13.8 Å². The van der Waals surface area contributed by atoms with Crippen molar-refractivity contribution in [2.45, 2.75) is 38.5 Å². The van der Waals surface area contributed by atoms with Crippen LogP contribution in [0.5, 0.6) is 5.75 Å². The number of alkyl halides is 6. The number of carbonyl (C=O) groups excluding carboxylic acids is 2.